The summed E-state index contributed by atoms with van der Waals surface area (Å²) in [6.07, 6.45) is -3.80. The summed E-state index contributed by atoms with van der Waals surface area (Å²) in [4.78, 5) is 17.3. The van der Waals surface area contributed by atoms with Gasteiger partial charge in [0.15, 0.2) is 6.10 Å². The van der Waals surface area contributed by atoms with Crippen LogP contribution in [0.15, 0.2) is 22.2 Å². The molecule has 10 nitrogen and oxygen atoms in total. The predicted molar refractivity (Wildman–Crippen MR) is 67.8 cm³/mol. The van der Waals surface area contributed by atoms with E-state index in [4.69, 9.17) is 16.0 Å². The molecule has 0 aromatic carbocycles. The third kappa shape index (κ3) is 2.37. The molecule has 1 aliphatic heterocycles. The minimum Gasteiger partial charge on any atom is -0.393 e. The molecule has 1 aromatic rings. The summed E-state index contributed by atoms with van der Waals surface area (Å²) >= 11 is 0. The SMILES string of the molecule is [N-]=[N+]=NC[C@]1(CO)O[C@@H](n2ccc(N)nc2=O)C(F)(F)[C@@H]1O. The van der Waals surface area contributed by atoms with Crippen LogP contribution in [0.3, 0.4) is 0 Å². The highest BCUT2D eigenvalue weighted by Gasteiger charge is 2.66. The normalized spacial score (nSPS) is 30.0. The van der Waals surface area contributed by atoms with Gasteiger partial charge in [-0.15, -0.1) is 0 Å². The van der Waals surface area contributed by atoms with Gasteiger partial charge in [-0.25, -0.2) is 4.79 Å². The Labute approximate surface area is 121 Å². The summed E-state index contributed by atoms with van der Waals surface area (Å²) in [6.45, 7) is -1.79. The van der Waals surface area contributed by atoms with Crippen molar-refractivity contribution >= 4 is 5.82 Å². The molecule has 0 unspecified atom stereocenters. The zero-order valence-corrected chi connectivity index (χ0v) is 11.0. The summed E-state index contributed by atoms with van der Waals surface area (Å²) in [5.41, 5.74) is 10.2. The first-order valence-electron chi connectivity index (χ1n) is 5.98. The van der Waals surface area contributed by atoms with Crippen molar-refractivity contribution in [3.05, 3.63) is 33.2 Å². The summed E-state index contributed by atoms with van der Waals surface area (Å²) in [5.74, 6) is -4.11. The van der Waals surface area contributed by atoms with Crippen molar-refractivity contribution < 1.29 is 23.7 Å². The fourth-order valence-electron chi connectivity index (χ4n) is 2.15. The van der Waals surface area contributed by atoms with Crippen LogP contribution in [0.4, 0.5) is 14.6 Å². The molecule has 0 aliphatic carbocycles. The molecule has 2 rings (SSSR count). The third-order valence-corrected chi connectivity index (χ3v) is 3.31. The number of rotatable bonds is 4. The van der Waals surface area contributed by atoms with E-state index in [2.05, 4.69) is 15.0 Å². The van der Waals surface area contributed by atoms with Crippen molar-refractivity contribution in [2.75, 3.05) is 18.9 Å². The van der Waals surface area contributed by atoms with E-state index in [9.17, 15) is 23.8 Å². The topological polar surface area (TPSA) is 159 Å². The number of aliphatic hydroxyl groups excluding tert-OH is 2. The molecule has 1 aromatic heterocycles. The van der Waals surface area contributed by atoms with Crippen LogP contribution >= 0.6 is 0 Å². The highest BCUT2D eigenvalue weighted by molar-refractivity contribution is 5.24. The number of ether oxygens (including phenoxy) is 1. The fraction of sp³-hybridized carbons (Fsp3) is 0.600. The van der Waals surface area contributed by atoms with E-state index in [1.54, 1.807) is 0 Å². The lowest BCUT2D eigenvalue weighted by Crippen LogP contribution is -2.51. The first kappa shape index (κ1) is 16.1. The van der Waals surface area contributed by atoms with E-state index in [0.29, 0.717) is 4.57 Å². The van der Waals surface area contributed by atoms with Crippen molar-refractivity contribution in [1.82, 2.24) is 9.55 Å². The molecule has 0 spiro atoms. The smallest absolute Gasteiger partial charge is 0.351 e. The average Bonchev–Trinajstić information content (AvgIpc) is 2.67. The molecule has 0 radical (unpaired) electrons. The second kappa shape index (κ2) is 5.50. The lowest BCUT2D eigenvalue weighted by molar-refractivity contribution is -0.144. The number of halogens is 2. The van der Waals surface area contributed by atoms with Gasteiger partial charge in [0, 0.05) is 11.1 Å². The summed E-state index contributed by atoms with van der Waals surface area (Å²) in [6, 6.07) is 1.10. The predicted octanol–water partition coefficient (Wildman–Crippen LogP) is -0.608. The van der Waals surface area contributed by atoms with E-state index in [1.807, 2.05) is 0 Å². The summed E-state index contributed by atoms with van der Waals surface area (Å²) in [5, 5.41) is 22.1. The number of hydrogen-bond acceptors (Lipinski definition) is 7. The zero-order chi connectivity index (χ0) is 16.5. The molecular weight excluding hydrogens is 306 g/mol. The molecule has 0 saturated carbocycles. The molecular formula is C10H12F2N6O4. The molecule has 2 heterocycles. The van der Waals surface area contributed by atoms with Crippen LogP contribution < -0.4 is 11.4 Å². The first-order chi connectivity index (χ1) is 10.3. The highest BCUT2D eigenvalue weighted by atomic mass is 19.3. The number of nitrogen functional groups attached to an aromatic ring is 1. The fourth-order valence-corrected chi connectivity index (χ4v) is 2.15. The summed E-state index contributed by atoms with van der Waals surface area (Å²) in [7, 11) is 0. The van der Waals surface area contributed by atoms with E-state index >= 15 is 0 Å². The zero-order valence-electron chi connectivity index (χ0n) is 11.0. The van der Waals surface area contributed by atoms with Crippen LogP contribution in [0.1, 0.15) is 6.23 Å². The van der Waals surface area contributed by atoms with Crippen molar-refractivity contribution in [2.45, 2.75) is 23.9 Å². The Morgan fingerprint density at radius 3 is 2.86 bits per heavy atom. The molecule has 22 heavy (non-hydrogen) atoms. The number of nitrogens with zero attached hydrogens (tertiary/aromatic N) is 5. The van der Waals surface area contributed by atoms with E-state index in [1.165, 1.54) is 0 Å². The maximum atomic E-state index is 14.2. The quantitative estimate of drug-likeness (QED) is 0.381. The second-order valence-electron chi connectivity index (χ2n) is 4.70. The van der Waals surface area contributed by atoms with Gasteiger partial charge in [-0.05, 0) is 11.6 Å². The molecule has 1 saturated heterocycles. The Morgan fingerprint density at radius 1 is 1.64 bits per heavy atom. The van der Waals surface area contributed by atoms with Crippen LogP contribution in [-0.4, -0.2) is 50.5 Å². The summed E-state index contributed by atoms with van der Waals surface area (Å²) < 4.78 is 33.9. The molecule has 0 amide bonds. The van der Waals surface area contributed by atoms with Crippen molar-refractivity contribution in [1.29, 1.82) is 0 Å². The molecule has 4 N–H and O–H groups in total. The largest absolute Gasteiger partial charge is 0.393 e. The monoisotopic (exact) mass is 318 g/mol. The number of hydrogen-bond donors (Lipinski definition) is 3. The van der Waals surface area contributed by atoms with Gasteiger partial charge in [-0.2, -0.15) is 13.8 Å². The van der Waals surface area contributed by atoms with Crippen molar-refractivity contribution in [3.63, 3.8) is 0 Å². The molecule has 120 valence electrons. The molecule has 3 atom stereocenters. The van der Waals surface area contributed by atoms with Crippen molar-refractivity contribution in [3.8, 4) is 0 Å². The van der Waals surface area contributed by atoms with Gasteiger partial charge in [-0.1, -0.05) is 5.11 Å². The van der Waals surface area contributed by atoms with Gasteiger partial charge in [-0.3, -0.25) is 4.57 Å². The minimum atomic E-state index is -3.94. The van der Waals surface area contributed by atoms with Gasteiger partial charge >= 0.3 is 11.6 Å². The Kier molecular flexibility index (Phi) is 4.02. The maximum Gasteiger partial charge on any atom is 0.351 e. The van der Waals surface area contributed by atoms with Crippen LogP contribution in [0, 0.1) is 0 Å². The van der Waals surface area contributed by atoms with E-state index in [-0.39, 0.29) is 5.82 Å². The second-order valence-corrected chi connectivity index (χ2v) is 4.70. The molecule has 1 fully saturated rings. The van der Waals surface area contributed by atoms with Crippen LogP contribution in [0.25, 0.3) is 10.4 Å². The number of aromatic nitrogens is 2. The Hall–Kier alpha value is -2.27. The van der Waals surface area contributed by atoms with E-state index < -0.39 is 42.7 Å². The average molecular weight is 318 g/mol. The number of nitrogens with two attached hydrogens (primary N) is 1. The number of alkyl halides is 2. The van der Waals surface area contributed by atoms with Gasteiger partial charge in [0.1, 0.15) is 11.4 Å². The van der Waals surface area contributed by atoms with Crippen molar-refractivity contribution in [2.24, 2.45) is 5.11 Å². The molecule has 1 aliphatic rings. The highest BCUT2D eigenvalue weighted by Crippen LogP contribution is 2.47. The maximum absolute atomic E-state index is 14.2. The van der Waals surface area contributed by atoms with Crippen LogP contribution in [0.2, 0.25) is 0 Å². The molecule has 0 bridgehead atoms. The van der Waals surface area contributed by atoms with Crippen LogP contribution in [-0.2, 0) is 4.74 Å². The molecule has 12 heteroatoms. The Morgan fingerprint density at radius 2 is 2.32 bits per heavy atom. The van der Waals surface area contributed by atoms with E-state index in [0.717, 1.165) is 12.3 Å². The van der Waals surface area contributed by atoms with Gasteiger partial charge in [0.2, 0.25) is 6.23 Å². The van der Waals surface area contributed by atoms with Gasteiger partial charge < -0.3 is 20.7 Å². The lowest BCUT2D eigenvalue weighted by Gasteiger charge is -2.27. The minimum absolute atomic E-state index is 0.175. The standard InChI is InChI=1S/C10H12F2N6O4/c11-10(12)6(20)9(4-19,3-15-17-14)22-7(10)18-2-1-5(13)16-8(18)21/h1-2,6-7,19-20H,3-4H2,(H2,13,16,21)/t6-,7-,9-/m1/s1. The Balaban J connectivity index is 2.49. The lowest BCUT2D eigenvalue weighted by atomic mass is 9.95. The number of anilines is 1. The third-order valence-electron chi connectivity index (χ3n) is 3.31. The van der Waals surface area contributed by atoms with Gasteiger partial charge in [0.05, 0.1) is 13.2 Å². The number of aliphatic hydroxyl groups is 2. The van der Waals surface area contributed by atoms with Crippen LogP contribution in [0.5, 0.6) is 0 Å². The first-order valence-corrected chi connectivity index (χ1v) is 5.98. The van der Waals surface area contributed by atoms with Gasteiger partial charge in [0.25, 0.3) is 0 Å². The Bertz CT molecular complexity index is 676. The number of azide groups is 1.